The van der Waals surface area contributed by atoms with Crippen molar-refractivity contribution in [1.29, 1.82) is 10.5 Å². The quantitative estimate of drug-likeness (QED) is 0.849. The topological polar surface area (TPSA) is 64.7 Å². The molecule has 0 saturated heterocycles. The lowest BCUT2D eigenvalue weighted by Gasteiger charge is -2.05. The van der Waals surface area contributed by atoms with Gasteiger partial charge in [-0.05, 0) is 23.3 Å². The fraction of sp³-hybridized carbons (Fsp3) is 0.118. The molecule has 96 valence electrons. The van der Waals surface area contributed by atoms with Gasteiger partial charge in [0, 0.05) is 12.8 Å². The van der Waals surface area contributed by atoms with Gasteiger partial charge in [-0.3, -0.25) is 4.79 Å². The number of nitriles is 2. The summed E-state index contributed by atoms with van der Waals surface area (Å²) in [7, 11) is 0. The van der Waals surface area contributed by atoms with Gasteiger partial charge in [-0.25, -0.2) is 0 Å². The molecule has 2 rings (SSSR count). The van der Waals surface area contributed by atoms with Crippen molar-refractivity contribution in [3.05, 3.63) is 70.8 Å². The maximum Gasteiger partial charge on any atom is 0.141 e. The number of carbonyl (C=O) groups excluding carboxylic acids is 1. The molecule has 0 bridgehead atoms. The van der Waals surface area contributed by atoms with Gasteiger partial charge < -0.3 is 0 Å². The third kappa shape index (κ3) is 3.10. The number of rotatable bonds is 4. The van der Waals surface area contributed by atoms with Crippen LogP contribution in [0.1, 0.15) is 22.3 Å². The number of Topliss-reactive ketones (excluding diaryl/α,β-unsaturated/α-hetero) is 1. The molecule has 0 unspecified atom stereocenters. The van der Waals surface area contributed by atoms with Gasteiger partial charge >= 0.3 is 0 Å². The molecule has 0 atom stereocenters. The highest BCUT2D eigenvalue weighted by atomic mass is 16.1. The molecule has 20 heavy (non-hydrogen) atoms. The van der Waals surface area contributed by atoms with E-state index in [-0.39, 0.29) is 18.6 Å². The molecule has 3 nitrogen and oxygen atoms in total. The summed E-state index contributed by atoms with van der Waals surface area (Å²) in [4.78, 5) is 12.1. The highest BCUT2D eigenvalue weighted by molar-refractivity contribution is 5.84. The Morgan fingerprint density at radius 3 is 1.60 bits per heavy atom. The van der Waals surface area contributed by atoms with E-state index in [1.807, 2.05) is 12.1 Å². The van der Waals surface area contributed by atoms with Crippen molar-refractivity contribution >= 4 is 5.78 Å². The van der Waals surface area contributed by atoms with Crippen molar-refractivity contribution in [2.75, 3.05) is 0 Å². The Morgan fingerprint density at radius 1 is 0.800 bits per heavy atom. The average molecular weight is 260 g/mol. The van der Waals surface area contributed by atoms with Crippen LogP contribution in [0.5, 0.6) is 0 Å². The molecule has 0 heterocycles. The summed E-state index contributed by atoms with van der Waals surface area (Å²) in [5.74, 6) is -0.00426. The molecule has 0 aliphatic rings. The average Bonchev–Trinajstić information content (AvgIpc) is 2.48. The highest BCUT2D eigenvalue weighted by Crippen LogP contribution is 2.12. The van der Waals surface area contributed by atoms with Crippen molar-refractivity contribution < 1.29 is 4.79 Å². The Balaban J connectivity index is 2.14. The van der Waals surface area contributed by atoms with E-state index in [0.29, 0.717) is 11.1 Å². The third-order valence-electron chi connectivity index (χ3n) is 3.05. The van der Waals surface area contributed by atoms with E-state index >= 15 is 0 Å². The Bertz CT molecular complexity index is 659. The molecule has 0 saturated carbocycles. The Morgan fingerprint density at radius 2 is 1.20 bits per heavy atom. The fourth-order valence-electron chi connectivity index (χ4n) is 2.05. The number of carbonyl (C=O) groups is 1. The molecular weight excluding hydrogens is 248 g/mol. The van der Waals surface area contributed by atoms with E-state index in [0.717, 1.165) is 11.1 Å². The van der Waals surface area contributed by atoms with Crippen LogP contribution in [0.25, 0.3) is 0 Å². The summed E-state index contributed by atoms with van der Waals surface area (Å²) in [6.07, 6.45) is 0.424. The molecule has 0 aromatic heterocycles. The molecular formula is C17H12N2O. The summed E-state index contributed by atoms with van der Waals surface area (Å²) >= 11 is 0. The van der Waals surface area contributed by atoms with Crippen LogP contribution in [0, 0.1) is 22.7 Å². The summed E-state index contributed by atoms with van der Waals surface area (Å²) in [5, 5.41) is 18.0. The van der Waals surface area contributed by atoms with Crippen LogP contribution in [0.4, 0.5) is 0 Å². The normalized spacial score (nSPS) is 9.50. The zero-order chi connectivity index (χ0) is 14.4. The van der Waals surface area contributed by atoms with Gasteiger partial charge in [0.1, 0.15) is 5.78 Å². The molecule has 0 radical (unpaired) electrons. The van der Waals surface area contributed by atoms with Gasteiger partial charge in [0.15, 0.2) is 0 Å². The van der Waals surface area contributed by atoms with Gasteiger partial charge in [-0.15, -0.1) is 0 Å². The summed E-state index contributed by atoms with van der Waals surface area (Å²) in [6, 6.07) is 18.3. The first-order chi connectivity index (χ1) is 9.74. The van der Waals surface area contributed by atoms with Crippen LogP contribution in [-0.2, 0) is 17.6 Å². The van der Waals surface area contributed by atoms with Crippen molar-refractivity contribution in [2.45, 2.75) is 12.8 Å². The summed E-state index contributed by atoms with van der Waals surface area (Å²) < 4.78 is 0. The first kappa shape index (κ1) is 13.5. The van der Waals surface area contributed by atoms with Crippen LogP contribution < -0.4 is 0 Å². The first-order valence-electron chi connectivity index (χ1n) is 6.22. The van der Waals surface area contributed by atoms with Gasteiger partial charge in [0.05, 0.1) is 23.3 Å². The Kier molecular flexibility index (Phi) is 4.27. The lowest BCUT2D eigenvalue weighted by molar-refractivity contribution is -0.117. The minimum atomic E-state index is -0.00426. The van der Waals surface area contributed by atoms with E-state index in [1.165, 1.54) is 0 Å². The second-order valence-electron chi connectivity index (χ2n) is 4.43. The molecule has 0 N–H and O–H groups in total. The predicted molar refractivity (Wildman–Crippen MR) is 74.7 cm³/mol. The number of ketones is 1. The molecule has 0 aliphatic carbocycles. The van der Waals surface area contributed by atoms with E-state index in [4.69, 9.17) is 10.5 Å². The summed E-state index contributed by atoms with van der Waals surface area (Å²) in [5.41, 5.74) is 2.51. The zero-order valence-corrected chi connectivity index (χ0v) is 10.8. The lowest BCUT2D eigenvalue weighted by Crippen LogP contribution is -2.08. The van der Waals surface area contributed by atoms with Crippen LogP contribution in [0.3, 0.4) is 0 Å². The fourth-order valence-corrected chi connectivity index (χ4v) is 2.05. The minimum Gasteiger partial charge on any atom is -0.299 e. The minimum absolute atomic E-state index is 0.00426. The van der Waals surface area contributed by atoms with Crippen molar-refractivity contribution in [3.8, 4) is 12.1 Å². The number of hydrogen-bond donors (Lipinski definition) is 0. The van der Waals surface area contributed by atoms with Crippen LogP contribution in [0.15, 0.2) is 48.5 Å². The zero-order valence-electron chi connectivity index (χ0n) is 10.8. The second kappa shape index (κ2) is 6.31. The second-order valence-corrected chi connectivity index (χ2v) is 4.43. The number of hydrogen-bond acceptors (Lipinski definition) is 3. The molecule has 2 aromatic carbocycles. The standard InChI is InChI=1S/C17H12N2O/c18-11-15-7-3-1-5-13(15)9-17(20)10-14-6-2-4-8-16(14)12-19/h1-8H,9-10H2. The van der Waals surface area contributed by atoms with Crippen molar-refractivity contribution in [2.24, 2.45) is 0 Å². The van der Waals surface area contributed by atoms with Gasteiger partial charge in [-0.2, -0.15) is 10.5 Å². The van der Waals surface area contributed by atoms with Crippen molar-refractivity contribution in [1.82, 2.24) is 0 Å². The van der Waals surface area contributed by atoms with Crippen molar-refractivity contribution in [3.63, 3.8) is 0 Å². The first-order valence-corrected chi connectivity index (χ1v) is 6.22. The maximum atomic E-state index is 12.1. The molecule has 0 spiro atoms. The SMILES string of the molecule is N#Cc1ccccc1CC(=O)Cc1ccccc1C#N. The van der Waals surface area contributed by atoms with E-state index in [2.05, 4.69) is 12.1 Å². The number of nitrogens with zero attached hydrogens (tertiary/aromatic N) is 2. The molecule has 2 aromatic rings. The van der Waals surface area contributed by atoms with E-state index in [9.17, 15) is 4.79 Å². The molecule has 0 amide bonds. The highest BCUT2D eigenvalue weighted by Gasteiger charge is 2.10. The monoisotopic (exact) mass is 260 g/mol. The van der Waals surface area contributed by atoms with E-state index in [1.54, 1.807) is 36.4 Å². The smallest absolute Gasteiger partial charge is 0.141 e. The molecule has 3 heteroatoms. The molecule has 0 fully saturated rings. The third-order valence-corrected chi connectivity index (χ3v) is 3.05. The lowest BCUT2D eigenvalue weighted by atomic mass is 9.97. The van der Waals surface area contributed by atoms with E-state index < -0.39 is 0 Å². The Hall–Kier alpha value is -2.91. The van der Waals surface area contributed by atoms with Crippen LogP contribution in [0.2, 0.25) is 0 Å². The van der Waals surface area contributed by atoms with Gasteiger partial charge in [-0.1, -0.05) is 36.4 Å². The maximum absolute atomic E-state index is 12.1. The van der Waals surface area contributed by atoms with Gasteiger partial charge in [0.2, 0.25) is 0 Å². The van der Waals surface area contributed by atoms with Crippen LogP contribution >= 0.6 is 0 Å². The predicted octanol–water partition coefficient (Wildman–Crippen LogP) is 2.78. The van der Waals surface area contributed by atoms with Crippen LogP contribution in [-0.4, -0.2) is 5.78 Å². The summed E-state index contributed by atoms with van der Waals surface area (Å²) in [6.45, 7) is 0. The number of benzene rings is 2. The van der Waals surface area contributed by atoms with Gasteiger partial charge in [0.25, 0.3) is 0 Å². The molecule has 0 aliphatic heterocycles. The largest absolute Gasteiger partial charge is 0.299 e. The Labute approximate surface area is 117 Å².